The van der Waals surface area contributed by atoms with E-state index in [1.807, 2.05) is 25.1 Å². The first-order chi connectivity index (χ1) is 10.2. The van der Waals surface area contributed by atoms with Crippen molar-refractivity contribution in [2.75, 3.05) is 26.2 Å². The molecular formula is C17H23NO3. The van der Waals surface area contributed by atoms with Crippen LogP contribution in [0, 0.1) is 6.92 Å². The van der Waals surface area contributed by atoms with Crippen LogP contribution >= 0.6 is 0 Å². The van der Waals surface area contributed by atoms with Crippen molar-refractivity contribution in [2.24, 2.45) is 0 Å². The van der Waals surface area contributed by atoms with Gasteiger partial charge in [0.1, 0.15) is 12.4 Å². The van der Waals surface area contributed by atoms with E-state index in [4.69, 9.17) is 9.84 Å². The van der Waals surface area contributed by atoms with E-state index >= 15 is 0 Å². The van der Waals surface area contributed by atoms with E-state index in [2.05, 4.69) is 4.90 Å². The Morgan fingerprint density at radius 2 is 2.10 bits per heavy atom. The average Bonchev–Trinajstić information content (AvgIpc) is 2.48. The minimum Gasteiger partial charge on any atom is -0.491 e. The van der Waals surface area contributed by atoms with Gasteiger partial charge in [-0.05, 0) is 44.5 Å². The number of likely N-dealkylation sites (tertiary alicyclic amines) is 1. The van der Waals surface area contributed by atoms with Gasteiger partial charge in [-0.25, -0.2) is 4.79 Å². The number of aliphatic carboxylic acids is 1. The van der Waals surface area contributed by atoms with Crippen LogP contribution in [0.2, 0.25) is 0 Å². The summed E-state index contributed by atoms with van der Waals surface area (Å²) in [4.78, 5) is 13.1. The van der Waals surface area contributed by atoms with Crippen molar-refractivity contribution in [3.63, 3.8) is 0 Å². The Bertz CT molecular complexity index is 505. The third-order valence-corrected chi connectivity index (χ3v) is 3.75. The molecule has 1 saturated heterocycles. The van der Waals surface area contributed by atoms with E-state index < -0.39 is 5.97 Å². The summed E-state index contributed by atoms with van der Waals surface area (Å²) in [5, 5.41) is 8.75. The molecule has 0 atom stereocenters. The molecule has 0 radical (unpaired) electrons. The molecule has 1 fully saturated rings. The largest absolute Gasteiger partial charge is 0.491 e. The van der Waals surface area contributed by atoms with Crippen LogP contribution in [-0.4, -0.2) is 42.2 Å². The SMILES string of the molecule is Cc1cccc(/C=C/C(=O)O)c1OCCN1CCCCC1. The lowest BCUT2D eigenvalue weighted by molar-refractivity contribution is -0.131. The summed E-state index contributed by atoms with van der Waals surface area (Å²) in [6.07, 6.45) is 6.62. The highest BCUT2D eigenvalue weighted by Crippen LogP contribution is 2.24. The molecule has 1 aromatic rings. The van der Waals surface area contributed by atoms with Crippen LogP contribution < -0.4 is 4.74 Å². The summed E-state index contributed by atoms with van der Waals surface area (Å²) in [5.41, 5.74) is 1.84. The maximum Gasteiger partial charge on any atom is 0.328 e. The Morgan fingerprint density at radius 3 is 2.81 bits per heavy atom. The summed E-state index contributed by atoms with van der Waals surface area (Å²) >= 11 is 0. The van der Waals surface area contributed by atoms with Gasteiger partial charge in [0.15, 0.2) is 0 Å². The Labute approximate surface area is 126 Å². The zero-order chi connectivity index (χ0) is 15.1. The third-order valence-electron chi connectivity index (χ3n) is 3.75. The molecule has 4 heteroatoms. The number of nitrogens with zero attached hydrogens (tertiary/aromatic N) is 1. The Morgan fingerprint density at radius 1 is 1.33 bits per heavy atom. The van der Waals surface area contributed by atoms with E-state index in [0.717, 1.165) is 42.6 Å². The number of rotatable bonds is 6. The standard InChI is InChI=1S/C17H23NO3/c1-14-6-5-7-15(8-9-16(19)20)17(14)21-13-12-18-10-3-2-4-11-18/h5-9H,2-4,10-13H2,1H3,(H,19,20)/b9-8+. The molecule has 1 heterocycles. The van der Waals surface area contributed by atoms with Gasteiger partial charge in [0.25, 0.3) is 0 Å². The van der Waals surface area contributed by atoms with Gasteiger partial charge in [0.2, 0.25) is 0 Å². The number of aryl methyl sites for hydroxylation is 1. The van der Waals surface area contributed by atoms with Gasteiger partial charge in [-0.2, -0.15) is 0 Å². The van der Waals surface area contributed by atoms with E-state index in [1.165, 1.54) is 19.3 Å². The maximum absolute atomic E-state index is 10.7. The first kappa shape index (κ1) is 15.6. The summed E-state index contributed by atoms with van der Waals surface area (Å²) in [5.74, 6) is -0.164. The molecule has 0 unspecified atom stereocenters. The van der Waals surface area contributed by atoms with Gasteiger partial charge in [0.05, 0.1) is 0 Å². The summed E-state index contributed by atoms with van der Waals surface area (Å²) in [7, 11) is 0. The highest BCUT2D eigenvalue weighted by Gasteiger charge is 2.11. The van der Waals surface area contributed by atoms with Crippen LogP contribution in [0.25, 0.3) is 6.08 Å². The molecule has 1 aliphatic rings. The molecule has 0 aliphatic carbocycles. The zero-order valence-corrected chi connectivity index (χ0v) is 12.5. The highest BCUT2D eigenvalue weighted by atomic mass is 16.5. The monoisotopic (exact) mass is 289 g/mol. The minimum absolute atomic E-state index is 0.638. The normalized spacial score (nSPS) is 16.2. The number of benzene rings is 1. The van der Waals surface area contributed by atoms with E-state index in [1.54, 1.807) is 6.08 Å². The first-order valence-corrected chi connectivity index (χ1v) is 7.52. The molecular weight excluding hydrogens is 266 g/mol. The number of piperidine rings is 1. The molecule has 4 nitrogen and oxygen atoms in total. The van der Waals surface area contributed by atoms with Gasteiger partial charge < -0.3 is 9.84 Å². The molecule has 21 heavy (non-hydrogen) atoms. The van der Waals surface area contributed by atoms with Gasteiger partial charge in [-0.1, -0.05) is 24.6 Å². The van der Waals surface area contributed by atoms with Gasteiger partial charge in [-0.15, -0.1) is 0 Å². The summed E-state index contributed by atoms with van der Waals surface area (Å²) in [6.45, 7) is 5.86. The Hall–Kier alpha value is -1.81. The average molecular weight is 289 g/mol. The number of hydrogen-bond acceptors (Lipinski definition) is 3. The van der Waals surface area contributed by atoms with E-state index in [-0.39, 0.29) is 0 Å². The van der Waals surface area contributed by atoms with Crippen LogP contribution in [0.4, 0.5) is 0 Å². The first-order valence-electron chi connectivity index (χ1n) is 7.52. The fraction of sp³-hybridized carbons (Fsp3) is 0.471. The number of ether oxygens (including phenoxy) is 1. The molecule has 1 aromatic carbocycles. The lowest BCUT2D eigenvalue weighted by Crippen LogP contribution is -2.33. The molecule has 0 aromatic heterocycles. The predicted octanol–water partition coefficient (Wildman–Crippen LogP) is 2.96. The van der Waals surface area contributed by atoms with Gasteiger partial charge >= 0.3 is 5.97 Å². The summed E-state index contributed by atoms with van der Waals surface area (Å²) in [6, 6.07) is 5.77. The van der Waals surface area contributed by atoms with Gasteiger partial charge in [-0.3, -0.25) is 4.90 Å². The molecule has 1 aliphatic heterocycles. The van der Waals surface area contributed by atoms with E-state index in [0.29, 0.717) is 6.61 Å². The number of hydrogen-bond donors (Lipinski definition) is 1. The lowest BCUT2D eigenvalue weighted by atomic mass is 10.1. The van der Waals surface area contributed by atoms with Crippen molar-refractivity contribution < 1.29 is 14.6 Å². The molecule has 0 spiro atoms. The fourth-order valence-electron chi connectivity index (χ4n) is 2.62. The maximum atomic E-state index is 10.7. The van der Waals surface area contributed by atoms with Crippen molar-refractivity contribution in [3.8, 4) is 5.75 Å². The predicted molar refractivity (Wildman–Crippen MR) is 83.6 cm³/mol. The van der Waals surface area contributed by atoms with Crippen LogP contribution in [0.3, 0.4) is 0 Å². The van der Waals surface area contributed by atoms with Crippen molar-refractivity contribution in [2.45, 2.75) is 26.2 Å². The van der Waals surface area contributed by atoms with Crippen LogP contribution in [0.5, 0.6) is 5.75 Å². The molecule has 0 saturated carbocycles. The topological polar surface area (TPSA) is 49.8 Å². The fourth-order valence-corrected chi connectivity index (χ4v) is 2.62. The third kappa shape index (κ3) is 4.90. The number of para-hydroxylation sites is 1. The summed E-state index contributed by atoms with van der Waals surface area (Å²) < 4.78 is 5.92. The number of carbonyl (C=O) groups is 1. The van der Waals surface area contributed by atoms with Gasteiger partial charge in [0, 0.05) is 18.2 Å². The van der Waals surface area contributed by atoms with E-state index in [9.17, 15) is 4.79 Å². The van der Waals surface area contributed by atoms with Crippen molar-refractivity contribution in [1.29, 1.82) is 0 Å². The van der Waals surface area contributed by atoms with Crippen molar-refractivity contribution >= 4 is 12.0 Å². The molecule has 1 N–H and O–H groups in total. The second-order valence-electron chi connectivity index (χ2n) is 5.42. The van der Waals surface area contributed by atoms with Crippen LogP contribution in [0.15, 0.2) is 24.3 Å². The lowest BCUT2D eigenvalue weighted by Gasteiger charge is -2.26. The zero-order valence-electron chi connectivity index (χ0n) is 12.5. The van der Waals surface area contributed by atoms with Crippen molar-refractivity contribution in [1.82, 2.24) is 4.90 Å². The second-order valence-corrected chi connectivity index (χ2v) is 5.42. The molecule has 0 bridgehead atoms. The van der Waals surface area contributed by atoms with Crippen LogP contribution in [-0.2, 0) is 4.79 Å². The number of carboxylic acids is 1. The number of carboxylic acid groups (broad SMARTS) is 1. The molecule has 114 valence electrons. The Balaban J connectivity index is 1.96. The van der Waals surface area contributed by atoms with Crippen molar-refractivity contribution in [3.05, 3.63) is 35.4 Å². The van der Waals surface area contributed by atoms with Crippen LogP contribution in [0.1, 0.15) is 30.4 Å². The highest BCUT2D eigenvalue weighted by molar-refractivity contribution is 5.86. The Kier molecular flexibility index (Phi) is 5.81. The molecule has 0 amide bonds. The second kappa shape index (κ2) is 7.84. The smallest absolute Gasteiger partial charge is 0.328 e. The minimum atomic E-state index is -0.948. The molecule has 2 rings (SSSR count). The quantitative estimate of drug-likeness (QED) is 0.818.